The smallest absolute Gasteiger partial charge is 0.253 e. The Bertz CT molecular complexity index is 636. The van der Waals surface area contributed by atoms with E-state index in [0.29, 0.717) is 12.1 Å². The molecule has 0 bridgehead atoms. The summed E-state index contributed by atoms with van der Waals surface area (Å²) < 4.78 is 0. The van der Waals surface area contributed by atoms with E-state index in [2.05, 4.69) is 53.3 Å². The fraction of sp³-hybridized carbons (Fsp3) is 0.588. The first-order valence-corrected chi connectivity index (χ1v) is 11.7. The van der Waals surface area contributed by atoms with Crippen LogP contribution in [-0.2, 0) is 4.79 Å². The number of nitrogens with one attached hydrogen (secondary N) is 2. The summed E-state index contributed by atoms with van der Waals surface area (Å²) in [7, 11) is -1.54. The zero-order chi connectivity index (χ0) is 17.3. The maximum absolute atomic E-state index is 11.9. The molecule has 0 aliphatic carbocycles. The quantitative estimate of drug-likeness (QED) is 0.457. The summed E-state index contributed by atoms with van der Waals surface area (Å²) in [6.07, 6.45) is 5.88. The molecular weight excluding hydrogens is 306 g/mol. The summed E-state index contributed by atoms with van der Waals surface area (Å²) in [4.78, 5) is 30.3. The van der Waals surface area contributed by atoms with E-state index in [0.717, 1.165) is 19.3 Å². The summed E-state index contributed by atoms with van der Waals surface area (Å²) in [5, 5.41) is 2.65. The lowest BCUT2D eigenvalue weighted by atomic mass is 10.1. The zero-order valence-electron chi connectivity index (χ0n) is 14.6. The lowest BCUT2D eigenvalue weighted by Crippen LogP contribution is -2.19. The molecule has 2 N–H and O–H groups in total. The van der Waals surface area contributed by atoms with E-state index < -0.39 is 8.07 Å². The van der Waals surface area contributed by atoms with Crippen molar-refractivity contribution in [1.82, 2.24) is 9.97 Å². The van der Waals surface area contributed by atoms with Crippen molar-refractivity contribution in [2.45, 2.75) is 65.1 Å². The Hall–Kier alpha value is -1.87. The summed E-state index contributed by atoms with van der Waals surface area (Å²) in [5.41, 5.74) is 3.25. The molecule has 1 aromatic rings. The van der Waals surface area contributed by atoms with Gasteiger partial charge in [0.05, 0.1) is 0 Å². The standard InChI is InChI=1S/C17H27N3O2Si/c1-5-6-7-8-9-10-15(21)19-17-18-14(13-16(22)20-17)11-12-23(2,3)4/h13H,5-10H2,1-4H3,(H2,18,19,20,21,22). The molecule has 1 heterocycles. The third kappa shape index (κ3) is 8.99. The molecule has 23 heavy (non-hydrogen) atoms. The number of amides is 1. The van der Waals surface area contributed by atoms with E-state index in [4.69, 9.17) is 0 Å². The van der Waals surface area contributed by atoms with Gasteiger partial charge < -0.3 is 0 Å². The van der Waals surface area contributed by atoms with Crippen LogP contribution in [0.3, 0.4) is 0 Å². The van der Waals surface area contributed by atoms with Gasteiger partial charge in [-0.05, 0) is 6.42 Å². The van der Waals surface area contributed by atoms with Crippen molar-refractivity contribution in [1.29, 1.82) is 0 Å². The van der Waals surface area contributed by atoms with Crippen molar-refractivity contribution in [3.63, 3.8) is 0 Å². The molecule has 1 amide bonds. The van der Waals surface area contributed by atoms with Gasteiger partial charge in [-0.25, -0.2) is 4.98 Å². The molecular formula is C17H27N3O2Si. The highest BCUT2D eigenvalue weighted by Crippen LogP contribution is 2.06. The number of carbonyl (C=O) groups excluding carboxylic acids is 1. The summed E-state index contributed by atoms with van der Waals surface area (Å²) in [6.45, 7) is 8.52. The van der Waals surface area contributed by atoms with Crippen molar-refractivity contribution >= 4 is 19.9 Å². The third-order valence-electron chi connectivity index (χ3n) is 3.07. The van der Waals surface area contributed by atoms with Gasteiger partial charge in [0.15, 0.2) is 0 Å². The van der Waals surface area contributed by atoms with Gasteiger partial charge in [0.1, 0.15) is 13.8 Å². The van der Waals surface area contributed by atoms with Gasteiger partial charge in [0.2, 0.25) is 11.9 Å². The molecule has 1 aromatic heterocycles. The number of rotatable bonds is 7. The van der Waals surface area contributed by atoms with Crippen LogP contribution in [0.2, 0.25) is 19.6 Å². The van der Waals surface area contributed by atoms with Crippen LogP contribution in [0.5, 0.6) is 0 Å². The highest BCUT2D eigenvalue weighted by molar-refractivity contribution is 6.83. The van der Waals surface area contributed by atoms with Gasteiger partial charge in [-0.15, -0.1) is 5.54 Å². The molecule has 6 heteroatoms. The molecule has 0 spiro atoms. The van der Waals surface area contributed by atoms with Crippen molar-refractivity contribution in [3.8, 4) is 11.5 Å². The topological polar surface area (TPSA) is 74.8 Å². The fourth-order valence-corrected chi connectivity index (χ4v) is 2.42. The SMILES string of the molecule is CCCCCCCC(=O)Nc1nc(C#C[Si](C)(C)C)cc(=O)[nH]1. The minimum atomic E-state index is -1.54. The van der Waals surface area contributed by atoms with Crippen molar-refractivity contribution in [2.75, 3.05) is 5.32 Å². The van der Waals surface area contributed by atoms with Gasteiger partial charge in [0, 0.05) is 12.5 Å². The number of nitrogens with zero attached hydrogens (tertiary/aromatic N) is 1. The van der Waals surface area contributed by atoms with Crippen molar-refractivity contribution in [2.24, 2.45) is 0 Å². The van der Waals surface area contributed by atoms with Crippen LogP contribution in [-0.4, -0.2) is 23.9 Å². The van der Waals surface area contributed by atoms with Crippen LogP contribution in [0.1, 0.15) is 51.1 Å². The molecule has 0 atom stereocenters. The van der Waals surface area contributed by atoms with Crippen LogP contribution in [0, 0.1) is 11.5 Å². The van der Waals surface area contributed by atoms with E-state index in [1.165, 1.54) is 18.9 Å². The Morgan fingerprint density at radius 1 is 1.26 bits per heavy atom. The van der Waals surface area contributed by atoms with Crippen LogP contribution in [0.25, 0.3) is 0 Å². The monoisotopic (exact) mass is 333 g/mol. The predicted octanol–water partition coefficient (Wildman–Crippen LogP) is 3.30. The highest BCUT2D eigenvalue weighted by atomic mass is 28.3. The lowest BCUT2D eigenvalue weighted by Gasteiger charge is -2.05. The molecule has 5 nitrogen and oxygen atoms in total. The minimum absolute atomic E-state index is 0.125. The molecule has 126 valence electrons. The Morgan fingerprint density at radius 3 is 2.61 bits per heavy atom. The Morgan fingerprint density at radius 2 is 1.96 bits per heavy atom. The van der Waals surface area contributed by atoms with E-state index in [1.54, 1.807) is 0 Å². The third-order valence-corrected chi connectivity index (χ3v) is 3.95. The van der Waals surface area contributed by atoms with Crippen LogP contribution < -0.4 is 10.9 Å². The van der Waals surface area contributed by atoms with Crippen LogP contribution in [0.15, 0.2) is 10.9 Å². The van der Waals surface area contributed by atoms with Gasteiger partial charge in [-0.1, -0.05) is 58.2 Å². The molecule has 0 unspecified atom stereocenters. The van der Waals surface area contributed by atoms with E-state index in [9.17, 15) is 9.59 Å². The molecule has 0 saturated heterocycles. The molecule has 0 aliphatic heterocycles. The van der Waals surface area contributed by atoms with E-state index in [1.807, 2.05) is 0 Å². The van der Waals surface area contributed by atoms with E-state index >= 15 is 0 Å². The second-order valence-electron chi connectivity index (χ2n) is 6.69. The molecule has 0 aromatic carbocycles. The molecule has 0 radical (unpaired) electrons. The maximum Gasteiger partial charge on any atom is 0.253 e. The van der Waals surface area contributed by atoms with Crippen molar-refractivity contribution in [3.05, 3.63) is 22.1 Å². The first-order valence-electron chi connectivity index (χ1n) is 8.24. The summed E-state index contributed by atoms with van der Waals surface area (Å²) >= 11 is 0. The Kier molecular flexibility index (Phi) is 7.76. The number of hydrogen-bond donors (Lipinski definition) is 2. The summed E-state index contributed by atoms with van der Waals surface area (Å²) in [5.74, 6) is 2.99. The number of aromatic amines is 1. The number of aromatic nitrogens is 2. The summed E-state index contributed by atoms with van der Waals surface area (Å²) in [6, 6.07) is 1.35. The molecule has 0 fully saturated rings. The fourth-order valence-electron chi connectivity index (χ4n) is 1.92. The lowest BCUT2D eigenvalue weighted by molar-refractivity contribution is -0.116. The molecule has 0 aliphatic rings. The van der Waals surface area contributed by atoms with Crippen molar-refractivity contribution < 1.29 is 4.79 Å². The van der Waals surface area contributed by atoms with Gasteiger partial charge in [0.25, 0.3) is 5.56 Å². The second-order valence-corrected chi connectivity index (χ2v) is 11.4. The molecule has 0 saturated carbocycles. The first kappa shape index (κ1) is 19.2. The largest absolute Gasteiger partial charge is 0.296 e. The Balaban J connectivity index is 2.63. The van der Waals surface area contributed by atoms with Crippen LogP contribution in [0.4, 0.5) is 5.95 Å². The highest BCUT2D eigenvalue weighted by Gasteiger charge is 2.09. The van der Waals surface area contributed by atoms with Gasteiger partial charge >= 0.3 is 0 Å². The predicted molar refractivity (Wildman–Crippen MR) is 97.1 cm³/mol. The van der Waals surface area contributed by atoms with Gasteiger partial charge in [-0.3, -0.25) is 19.9 Å². The average molecular weight is 334 g/mol. The van der Waals surface area contributed by atoms with E-state index in [-0.39, 0.29) is 17.4 Å². The minimum Gasteiger partial charge on any atom is -0.296 e. The van der Waals surface area contributed by atoms with Gasteiger partial charge in [-0.2, -0.15) is 0 Å². The Labute approximate surface area is 139 Å². The first-order chi connectivity index (χ1) is 10.8. The number of hydrogen-bond acceptors (Lipinski definition) is 3. The average Bonchev–Trinajstić information content (AvgIpc) is 2.43. The number of unbranched alkanes of at least 4 members (excludes halogenated alkanes) is 4. The normalized spacial score (nSPS) is 10.8. The number of carbonyl (C=O) groups is 1. The van der Waals surface area contributed by atoms with Crippen LogP contribution >= 0.6 is 0 Å². The number of H-pyrrole nitrogens is 1. The number of anilines is 1. The maximum atomic E-state index is 11.9. The zero-order valence-corrected chi connectivity index (χ0v) is 15.6. The second kappa shape index (κ2) is 9.31. The molecule has 1 rings (SSSR count).